The van der Waals surface area contributed by atoms with E-state index >= 15 is 0 Å². The summed E-state index contributed by atoms with van der Waals surface area (Å²) >= 11 is 0. The first-order valence-corrected chi connectivity index (χ1v) is 5.22. The molecule has 0 radical (unpaired) electrons. The minimum Gasteiger partial charge on any atom is -0.294 e. The van der Waals surface area contributed by atoms with Crippen LogP contribution in [-0.2, 0) is 12.6 Å². The molecule has 1 aliphatic carbocycles. The van der Waals surface area contributed by atoms with E-state index in [1.807, 2.05) is 0 Å². The first kappa shape index (κ1) is 11.2. The third-order valence-electron chi connectivity index (χ3n) is 2.83. The van der Waals surface area contributed by atoms with Gasteiger partial charge in [0.2, 0.25) is 0 Å². The van der Waals surface area contributed by atoms with Crippen LogP contribution in [0, 0.1) is 0 Å². The van der Waals surface area contributed by atoms with Crippen molar-refractivity contribution in [2.24, 2.45) is 0 Å². The number of ketones is 1. The molecule has 1 aromatic carbocycles. The van der Waals surface area contributed by atoms with Gasteiger partial charge in [0.1, 0.15) is 0 Å². The zero-order chi connectivity index (χ0) is 11.8. The van der Waals surface area contributed by atoms with Crippen molar-refractivity contribution in [2.75, 3.05) is 0 Å². The predicted octanol–water partition coefficient (Wildman–Crippen LogP) is 3.61. The van der Waals surface area contributed by atoms with Crippen LogP contribution in [0.5, 0.6) is 0 Å². The second-order valence-corrected chi connectivity index (χ2v) is 4.00. The van der Waals surface area contributed by atoms with Gasteiger partial charge in [-0.1, -0.05) is 6.07 Å². The summed E-state index contributed by atoms with van der Waals surface area (Å²) in [5.41, 5.74) is 0.337. The normalized spacial score (nSPS) is 16.8. The van der Waals surface area contributed by atoms with E-state index in [0.29, 0.717) is 24.0 Å². The molecule has 0 fully saturated rings. The average Bonchev–Trinajstić information content (AvgIpc) is 2.39. The molecule has 2 rings (SSSR count). The molecule has 0 bridgehead atoms. The number of rotatable bonds is 0. The summed E-state index contributed by atoms with van der Waals surface area (Å²) in [6.45, 7) is 0. The molecule has 4 heteroatoms. The van der Waals surface area contributed by atoms with Gasteiger partial charge in [-0.25, -0.2) is 0 Å². The average molecular weight is 228 g/mol. The van der Waals surface area contributed by atoms with Crippen LogP contribution in [0.2, 0.25) is 0 Å². The van der Waals surface area contributed by atoms with Crippen molar-refractivity contribution in [3.8, 4) is 0 Å². The lowest BCUT2D eigenvalue weighted by atomic mass is 9.99. The van der Waals surface area contributed by atoms with E-state index in [-0.39, 0.29) is 5.78 Å². The van der Waals surface area contributed by atoms with Crippen LogP contribution < -0.4 is 0 Å². The van der Waals surface area contributed by atoms with Crippen molar-refractivity contribution in [3.05, 3.63) is 34.9 Å². The van der Waals surface area contributed by atoms with Gasteiger partial charge in [-0.05, 0) is 37.0 Å². The zero-order valence-electron chi connectivity index (χ0n) is 8.60. The molecule has 1 aromatic rings. The first-order valence-electron chi connectivity index (χ1n) is 5.22. The number of hydrogen-bond acceptors (Lipinski definition) is 1. The minimum absolute atomic E-state index is 0.0405. The Balaban J connectivity index is 2.45. The molecule has 0 N–H and O–H groups in total. The van der Waals surface area contributed by atoms with Crippen LogP contribution in [0.3, 0.4) is 0 Å². The van der Waals surface area contributed by atoms with E-state index in [1.165, 1.54) is 6.07 Å². The van der Waals surface area contributed by atoms with Crippen LogP contribution in [-0.4, -0.2) is 5.78 Å². The Morgan fingerprint density at radius 1 is 1.06 bits per heavy atom. The fourth-order valence-electron chi connectivity index (χ4n) is 1.98. The summed E-state index contributed by atoms with van der Waals surface area (Å²) in [4.78, 5) is 11.6. The van der Waals surface area contributed by atoms with Gasteiger partial charge in [0.15, 0.2) is 5.78 Å². The molecule has 1 nitrogen and oxygen atoms in total. The lowest BCUT2D eigenvalue weighted by Crippen LogP contribution is -2.08. The van der Waals surface area contributed by atoms with Gasteiger partial charge in [-0.3, -0.25) is 4.79 Å². The maximum absolute atomic E-state index is 12.5. The Hall–Kier alpha value is -1.32. The summed E-state index contributed by atoms with van der Waals surface area (Å²) < 4.78 is 37.4. The molecule has 0 spiro atoms. The van der Waals surface area contributed by atoms with E-state index in [4.69, 9.17) is 0 Å². The molecule has 1 aliphatic rings. The van der Waals surface area contributed by atoms with Gasteiger partial charge in [0, 0.05) is 12.0 Å². The Kier molecular flexibility index (Phi) is 2.74. The summed E-state index contributed by atoms with van der Waals surface area (Å²) in [5, 5.41) is 0. The topological polar surface area (TPSA) is 17.1 Å². The molecule has 0 atom stereocenters. The van der Waals surface area contributed by atoms with Gasteiger partial charge in [-0.15, -0.1) is 0 Å². The SMILES string of the molecule is O=C1CCCCc2cc(C(F)(F)F)ccc21. The number of carbonyl (C=O) groups excluding carboxylic acids is 1. The maximum Gasteiger partial charge on any atom is 0.416 e. The van der Waals surface area contributed by atoms with Crippen LogP contribution in [0.4, 0.5) is 13.2 Å². The molecule has 0 saturated carbocycles. The second-order valence-electron chi connectivity index (χ2n) is 4.00. The summed E-state index contributed by atoms with van der Waals surface area (Å²) in [7, 11) is 0. The Labute approximate surface area is 91.3 Å². The van der Waals surface area contributed by atoms with Gasteiger partial charge >= 0.3 is 6.18 Å². The monoisotopic (exact) mass is 228 g/mol. The van der Waals surface area contributed by atoms with E-state index in [9.17, 15) is 18.0 Å². The van der Waals surface area contributed by atoms with Crippen LogP contribution >= 0.6 is 0 Å². The van der Waals surface area contributed by atoms with Crippen molar-refractivity contribution in [1.82, 2.24) is 0 Å². The number of carbonyl (C=O) groups is 1. The number of halogens is 3. The van der Waals surface area contributed by atoms with Crippen molar-refractivity contribution in [1.29, 1.82) is 0 Å². The highest BCUT2D eigenvalue weighted by Crippen LogP contribution is 2.32. The molecule has 0 heterocycles. The third kappa shape index (κ3) is 2.10. The maximum atomic E-state index is 12.5. The number of aryl methyl sites for hydroxylation is 1. The molecule has 86 valence electrons. The highest BCUT2D eigenvalue weighted by atomic mass is 19.4. The summed E-state index contributed by atoms with van der Waals surface area (Å²) in [5.74, 6) is -0.0405. The lowest BCUT2D eigenvalue weighted by Gasteiger charge is -2.10. The van der Waals surface area contributed by atoms with Gasteiger partial charge in [-0.2, -0.15) is 13.2 Å². The van der Waals surface area contributed by atoms with Crippen molar-refractivity contribution in [2.45, 2.75) is 31.9 Å². The van der Waals surface area contributed by atoms with E-state index in [1.54, 1.807) is 0 Å². The quantitative estimate of drug-likeness (QED) is 0.620. The zero-order valence-corrected chi connectivity index (χ0v) is 8.60. The molecule has 0 saturated heterocycles. The standard InChI is InChI=1S/C12H11F3O/c13-12(14,15)9-5-6-10-8(7-9)3-1-2-4-11(10)16/h5-7H,1-4H2. The minimum atomic E-state index is -4.33. The Morgan fingerprint density at radius 3 is 2.44 bits per heavy atom. The molecular weight excluding hydrogens is 217 g/mol. The molecule has 0 aliphatic heterocycles. The van der Waals surface area contributed by atoms with Crippen LogP contribution in [0.1, 0.15) is 40.7 Å². The van der Waals surface area contributed by atoms with Crippen molar-refractivity contribution < 1.29 is 18.0 Å². The summed E-state index contributed by atoms with van der Waals surface area (Å²) in [6.07, 6.45) is -1.79. The smallest absolute Gasteiger partial charge is 0.294 e. The van der Waals surface area contributed by atoms with Crippen molar-refractivity contribution in [3.63, 3.8) is 0 Å². The number of benzene rings is 1. The molecule has 0 aromatic heterocycles. The lowest BCUT2D eigenvalue weighted by molar-refractivity contribution is -0.137. The second kappa shape index (κ2) is 3.92. The Bertz CT molecular complexity index is 421. The number of fused-ring (bicyclic) bond motifs is 1. The number of alkyl halides is 3. The molecular formula is C12H11F3O. The summed E-state index contributed by atoms with van der Waals surface area (Å²) in [6, 6.07) is 3.41. The van der Waals surface area contributed by atoms with E-state index in [2.05, 4.69) is 0 Å². The third-order valence-corrected chi connectivity index (χ3v) is 2.83. The Morgan fingerprint density at radius 2 is 1.75 bits per heavy atom. The largest absolute Gasteiger partial charge is 0.416 e. The molecule has 16 heavy (non-hydrogen) atoms. The van der Waals surface area contributed by atoms with Crippen molar-refractivity contribution >= 4 is 5.78 Å². The number of hydrogen-bond donors (Lipinski definition) is 0. The van der Waals surface area contributed by atoms with Crippen LogP contribution in [0.15, 0.2) is 18.2 Å². The van der Waals surface area contributed by atoms with Gasteiger partial charge in [0.05, 0.1) is 5.56 Å². The fourth-order valence-corrected chi connectivity index (χ4v) is 1.98. The molecule has 0 amide bonds. The molecule has 0 unspecified atom stereocenters. The predicted molar refractivity (Wildman–Crippen MR) is 53.3 cm³/mol. The van der Waals surface area contributed by atoms with Gasteiger partial charge < -0.3 is 0 Å². The number of Topliss-reactive ketones (excluding diaryl/α,β-unsaturated/α-hetero) is 1. The van der Waals surface area contributed by atoms with E-state index < -0.39 is 11.7 Å². The highest BCUT2D eigenvalue weighted by Gasteiger charge is 2.31. The van der Waals surface area contributed by atoms with Gasteiger partial charge in [0.25, 0.3) is 0 Å². The fraction of sp³-hybridized carbons (Fsp3) is 0.417. The highest BCUT2D eigenvalue weighted by molar-refractivity contribution is 5.97. The first-order chi connectivity index (χ1) is 7.48. The van der Waals surface area contributed by atoms with Crippen LogP contribution in [0.25, 0.3) is 0 Å². The van der Waals surface area contributed by atoms with E-state index in [0.717, 1.165) is 25.0 Å².